The van der Waals surface area contributed by atoms with E-state index in [0.717, 1.165) is 48.5 Å². The molecular weight excluding hydrogens is 628 g/mol. The van der Waals surface area contributed by atoms with Crippen LogP contribution >= 0.6 is 11.6 Å². The van der Waals surface area contributed by atoms with Crippen molar-refractivity contribution in [2.45, 2.75) is 85.0 Å². The number of hydrogen-bond acceptors (Lipinski definition) is 6. The molecule has 2 aliphatic heterocycles. The number of rotatable bonds is 14. The molecule has 0 amide bonds. The van der Waals surface area contributed by atoms with Gasteiger partial charge in [-0.2, -0.15) is 5.26 Å². The van der Waals surface area contributed by atoms with Crippen LogP contribution in [0.3, 0.4) is 0 Å². The number of halogens is 1. The molecule has 6 nitrogen and oxygen atoms in total. The van der Waals surface area contributed by atoms with Gasteiger partial charge >= 0.3 is 0 Å². The van der Waals surface area contributed by atoms with Crippen LogP contribution in [0.1, 0.15) is 83.9 Å². The summed E-state index contributed by atoms with van der Waals surface area (Å²) in [5.41, 5.74) is 10.1. The molecule has 0 radical (unpaired) electrons. The Morgan fingerprint density at radius 1 is 0.735 bits per heavy atom. The second kappa shape index (κ2) is 17.2. The molecule has 49 heavy (non-hydrogen) atoms. The third-order valence-electron chi connectivity index (χ3n) is 10.2. The fraction of sp³-hybridized carbons (Fsp3) is 0.429. The number of ether oxygens (including phenoxy) is 2. The fourth-order valence-corrected chi connectivity index (χ4v) is 7.52. The van der Waals surface area contributed by atoms with Crippen molar-refractivity contribution in [3.8, 4) is 28.7 Å². The van der Waals surface area contributed by atoms with E-state index in [0.29, 0.717) is 29.5 Å². The minimum absolute atomic E-state index is 0.300. The standard InChI is InChI=1S/C42H49ClN4O2/c1-31-35(12-4-7-17-46-18-8-9-19-46)13-10-15-38(31)39-16-11-14-36(32(39)2)30-49-42-24-41(48-29-34-22-33(25-44)26-45-27-34)37(23-40(42)43)28-47-20-5-3-6-21-47/h10-11,13-16,22-24,26-27H,3-9,12,17-21,28-30H2,1-2H3. The molecular formula is C42H49ClN4O2. The lowest BCUT2D eigenvalue weighted by atomic mass is 9.90. The Labute approximate surface area is 297 Å². The highest BCUT2D eigenvalue weighted by molar-refractivity contribution is 6.32. The summed E-state index contributed by atoms with van der Waals surface area (Å²) in [5.74, 6) is 1.34. The molecule has 2 aliphatic rings. The zero-order chi connectivity index (χ0) is 34.0. The van der Waals surface area contributed by atoms with Gasteiger partial charge in [0.15, 0.2) is 0 Å². The maximum Gasteiger partial charge on any atom is 0.142 e. The molecule has 7 heteroatoms. The molecule has 0 aliphatic carbocycles. The van der Waals surface area contributed by atoms with Crippen molar-refractivity contribution in [1.29, 1.82) is 5.26 Å². The molecule has 0 spiro atoms. The first kappa shape index (κ1) is 35.0. The predicted molar refractivity (Wildman–Crippen MR) is 198 cm³/mol. The van der Waals surface area contributed by atoms with Crippen LogP contribution in [0.25, 0.3) is 11.1 Å². The van der Waals surface area contributed by atoms with Gasteiger partial charge in [0.25, 0.3) is 0 Å². The highest BCUT2D eigenvalue weighted by Gasteiger charge is 2.18. The van der Waals surface area contributed by atoms with E-state index in [4.69, 9.17) is 21.1 Å². The topological polar surface area (TPSA) is 61.6 Å². The smallest absolute Gasteiger partial charge is 0.142 e. The van der Waals surface area contributed by atoms with Crippen LogP contribution in [0.15, 0.2) is 67.0 Å². The number of nitrogens with zero attached hydrogens (tertiary/aromatic N) is 4. The molecule has 0 bridgehead atoms. The predicted octanol–water partition coefficient (Wildman–Crippen LogP) is 9.45. The van der Waals surface area contributed by atoms with Gasteiger partial charge < -0.3 is 14.4 Å². The molecule has 0 saturated carbocycles. The van der Waals surface area contributed by atoms with E-state index in [1.165, 1.54) is 92.4 Å². The third-order valence-corrected chi connectivity index (χ3v) is 10.5. The lowest BCUT2D eigenvalue weighted by molar-refractivity contribution is 0.214. The molecule has 1 aromatic heterocycles. The summed E-state index contributed by atoms with van der Waals surface area (Å²) < 4.78 is 12.8. The number of benzene rings is 3. The number of aryl methyl sites for hydroxylation is 1. The normalized spacial score (nSPS) is 15.3. The van der Waals surface area contributed by atoms with Crippen LogP contribution in [0.2, 0.25) is 5.02 Å². The van der Waals surface area contributed by atoms with E-state index in [1.54, 1.807) is 12.4 Å². The maximum atomic E-state index is 9.32. The second-order valence-electron chi connectivity index (χ2n) is 13.7. The summed E-state index contributed by atoms with van der Waals surface area (Å²) in [7, 11) is 0. The lowest BCUT2D eigenvalue weighted by Gasteiger charge is -2.27. The molecule has 0 atom stereocenters. The molecule has 256 valence electrons. The van der Waals surface area contributed by atoms with Crippen molar-refractivity contribution < 1.29 is 9.47 Å². The van der Waals surface area contributed by atoms with E-state index < -0.39 is 0 Å². The van der Waals surface area contributed by atoms with Crippen LogP contribution < -0.4 is 9.47 Å². The van der Waals surface area contributed by atoms with E-state index in [-0.39, 0.29) is 0 Å². The molecule has 4 aromatic rings. The van der Waals surface area contributed by atoms with Gasteiger partial charge in [0.05, 0.1) is 10.6 Å². The van der Waals surface area contributed by atoms with Gasteiger partial charge in [0.2, 0.25) is 0 Å². The van der Waals surface area contributed by atoms with Crippen molar-refractivity contribution >= 4 is 11.6 Å². The van der Waals surface area contributed by atoms with Gasteiger partial charge in [-0.3, -0.25) is 9.88 Å². The number of piperidine rings is 1. The fourth-order valence-electron chi connectivity index (χ4n) is 7.28. The van der Waals surface area contributed by atoms with Crippen LogP contribution in [-0.2, 0) is 26.2 Å². The first-order chi connectivity index (χ1) is 24.0. The quantitative estimate of drug-likeness (QED) is 0.124. The van der Waals surface area contributed by atoms with Crippen LogP contribution in [0.4, 0.5) is 0 Å². The number of hydrogen-bond donors (Lipinski definition) is 0. The van der Waals surface area contributed by atoms with Gasteiger partial charge in [-0.05, 0) is 137 Å². The minimum atomic E-state index is 0.300. The van der Waals surface area contributed by atoms with E-state index in [9.17, 15) is 5.26 Å². The van der Waals surface area contributed by atoms with E-state index >= 15 is 0 Å². The Morgan fingerprint density at radius 3 is 2.16 bits per heavy atom. The molecule has 0 unspecified atom stereocenters. The highest BCUT2D eigenvalue weighted by atomic mass is 35.5. The monoisotopic (exact) mass is 676 g/mol. The van der Waals surface area contributed by atoms with Gasteiger partial charge in [0, 0.05) is 36.1 Å². The van der Waals surface area contributed by atoms with Crippen molar-refractivity contribution in [2.75, 3.05) is 32.7 Å². The first-order valence-electron chi connectivity index (χ1n) is 18.0. The van der Waals surface area contributed by atoms with Gasteiger partial charge in [-0.25, -0.2) is 0 Å². The summed E-state index contributed by atoms with van der Waals surface area (Å²) in [6.45, 7) is 11.8. The number of nitriles is 1. The van der Waals surface area contributed by atoms with E-state index in [2.05, 4.69) is 71.1 Å². The largest absolute Gasteiger partial charge is 0.488 e. The minimum Gasteiger partial charge on any atom is -0.488 e. The lowest BCUT2D eigenvalue weighted by Crippen LogP contribution is -2.29. The van der Waals surface area contributed by atoms with Crippen LogP contribution in [-0.4, -0.2) is 47.5 Å². The number of unbranched alkanes of at least 4 members (excludes halogenated alkanes) is 1. The number of aromatic nitrogens is 1. The molecule has 3 heterocycles. The summed E-state index contributed by atoms with van der Waals surface area (Å²) in [6, 6.07) is 21.1. The number of pyridine rings is 1. The van der Waals surface area contributed by atoms with E-state index in [1.807, 2.05) is 18.2 Å². The van der Waals surface area contributed by atoms with Gasteiger partial charge in [-0.15, -0.1) is 0 Å². The van der Waals surface area contributed by atoms with Gasteiger partial charge in [0.1, 0.15) is 30.8 Å². The van der Waals surface area contributed by atoms with Crippen molar-refractivity contribution in [2.24, 2.45) is 0 Å². The Hall–Kier alpha value is -3.89. The zero-order valence-corrected chi connectivity index (χ0v) is 29.9. The van der Waals surface area contributed by atoms with Crippen molar-refractivity contribution in [3.05, 3.63) is 111 Å². The summed E-state index contributed by atoms with van der Waals surface area (Å²) in [5, 5.41) is 9.90. The molecule has 0 N–H and O–H groups in total. The Bertz CT molecular complexity index is 1750. The van der Waals surface area contributed by atoms with Crippen molar-refractivity contribution in [3.63, 3.8) is 0 Å². The Balaban J connectivity index is 1.17. The van der Waals surface area contributed by atoms with Crippen LogP contribution in [0, 0.1) is 25.2 Å². The summed E-state index contributed by atoms with van der Waals surface area (Å²) in [4.78, 5) is 9.27. The second-order valence-corrected chi connectivity index (χ2v) is 14.1. The molecule has 2 saturated heterocycles. The first-order valence-corrected chi connectivity index (χ1v) is 18.4. The Kier molecular flexibility index (Phi) is 12.2. The Morgan fingerprint density at radius 2 is 1.41 bits per heavy atom. The highest BCUT2D eigenvalue weighted by Crippen LogP contribution is 2.36. The molecule has 3 aromatic carbocycles. The average Bonchev–Trinajstić information content (AvgIpc) is 3.65. The zero-order valence-electron chi connectivity index (χ0n) is 29.1. The maximum absolute atomic E-state index is 9.32. The summed E-state index contributed by atoms with van der Waals surface area (Å²) >= 11 is 6.89. The average molecular weight is 677 g/mol. The van der Waals surface area contributed by atoms with Gasteiger partial charge in [-0.1, -0.05) is 54.4 Å². The van der Waals surface area contributed by atoms with Crippen LogP contribution in [0.5, 0.6) is 11.5 Å². The third kappa shape index (κ3) is 9.22. The molecule has 2 fully saturated rings. The summed E-state index contributed by atoms with van der Waals surface area (Å²) in [6.07, 6.45) is 13.3. The SMILES string of the molecule is Cc1c(CCCCN2CCCC2)cccc1-c1cccc(COc2cc(OCc3cncc(C#N)c3)c(CN3CCCCC3)cc2Cl)c1C. The number of likely N-dealkylation sites (tertiary alicyclic amines) is 2. The van der Waals surface area contributed by atoms with Crippen molar-refractivity contribution in [1.82, 2.24) is 14.8 Å². The molecule has 6 rings (SSSR count).